The molecule has 88 valence electrons. The van der Waals surface area contributed by atoms with Gasteiger partial charge in [-0.2, -0.15) is 0 Å². The fraction of sp³-hybridized carbons (Fsp3) is 0.500. The normalized spacial score (nSPS) is 18.4. The first-order chi connectivity index (χ1) is 7.75. The second-order valence-corrected chi connectivity index (χ2v) is 4.54. The van der Waals surface area contributed by atoms with Gasteiger partial charge in [0.2, 0.25) is 0 Å². The van der Waals surface area contributed by atoms with Crippen molar-refractivity contribution in [1.29, 1.82) is 0 Å². The monoisotopic (exact) mass is 242 g/mol. The molecule has 1 aliphatic heterocycles. The molecule has 1 saturated heterocycles. The van der Waals surface area contributed by atoms with E-state index in [0.717, 1.165) is 44.7 Å². The first-order valence-corrected chi connectivity index (χ1v) is 6.00. The van der Waals surface area contributed by atoms with Gasteiger partial charge in [-0.25, -0.2) is 4.39 Å². The van der Waals surface area contributed by atoms with Gasteiger partial charge in [-0.15, -0.1) is 0 Å². The average molecular weight is 243 g/mol. The molecule has 0 amide bonds. The fourth-order valence-electron chi connectivity index (χ4n) is 1.96. The largest absolute Gasteiger partial charge is 0.315 e. The van der Waals surface area contributed by atoms with E-state index in [-0.39, 0.29) is 10.8 Å². The lowest BCUT2D eigenvalue weighted by Gasteiger charge is -2.19. The van der Waals surface area contributed by atoms with E-state index in [0.29, 0.717) is 0 Å². The van der Waals surface area contributed by atoms with Crippen molar-refractivity contribution in [3.8, 4) is 0 Å². The molecule has 1 heterocycles. The summed E-state index contributed by atoms with van der Waals surface area (Å²) < 4.78 is 13.3. The summed E-state index contributed by atoms with van der Waals surface area (Å²) in [5.74, 6) is -0.327. The number of rotatable bonds is 2. The van der Waals surface area contributed by atoms with Crippen molar-refractivity contribution in [1.82, 2.24) is 10.2 Å². The highest BCUT2D eigenvalue weighted by atomic mass is 35.5. The first-order valence-electron chi connectivity index (χ1n) is 5.63. The molecule has 1 aromatic rings. The smallest absolute Gasteiger partial charge is 0.142 e. The molecule has 4 heteroatoms. The molecule has 0 radical (unpaired) electrons. The molecule has 2 nitrogen and oxygen atoms in total. The van der Waals surface area contributed by atoms with E-state index in [9.17, 15) is 4.39 Å². The Bertz CT molecular complexity index is 349. The van der Waals surface area contributed by atoms with E-state index in [2.05, 4.69) is 10.2 Å². The first kappa shape index (κ1) is 11.8. The van der Waals surface area contributed by atoms with Crippen molar-refractivity contribution in [2.75, 3.05) is 26.2 Å². The molecule has 1 aliphatic rings. The molecule has 1 N–H and O–H groups in total. The number of benzene rings is 1. The van der Waals surface area contributed by atoms with Crippen molar-refractivity contribution >= 4 is 11.6 Å². The molecule has 16 heavy (non-hydrogen) atoms. The molecule has 0 unspecified atom stereocenters. The summed E-state index contributed by atoms with van der Waals surface area (Å²) in [5.41, 5.74) is 0.990. The highest BCUT2D eigenvalue weighted by molar-refractivity contribution is 6.30. The molecular weight excluding hydrogens is 227 g/mol. The molecule has 1 fully saturated rings. The van der Waals surface area contributed by atoms with Gasteiger partial charge in [0.05, 0.1) is 5.02 Å². The summed E-state index contributed by atoms with van der Waals surface area (Å²) in [4.78, 5) is 2.34. The standard InChI is InChI=1S/C12H16ClFN2/c13-11-3-2-10(8-12(11)14)9-16-6-1-4-15-5-7-16/h2-3,8,15H,1,4-7,9H2. The van der Waals surface area contributed by atoms with Crippen LogP contribution in [0.1, 0.15) is 12.0 Å². The third-order valence-electron chi connectivity index (χ3n) is 2.82. The van der Waals surface area contributed by atoms with Crippen LogP contribution in [0.15, 0.2) is 18.2 Å². The zero-order chi connectivity index (χ0) is 11.4. The summed E-state index contributed by atoms with van der Waals surface area (Å²) in [6, 6.07) is 5.05. The minimum atomic E-state index is -0.327. The van der Waals surface area contributed by atoms with Crippen LogP contribution in [0.25, 0.3) is 0 Å². The van der Waals surface area contributed by atoms with Gasteiger partial charge in [0.1, 0.15) is 5.82 Å². The Hall–Kier alpha value is -0.640. The van der Waals surface area contributed by atoms with Gasteiger partial charge in [0.25, 0.3) is 0 Å². The number of nitrogens with one attached hydrogen (secondary N) is 1. The van der Waals surface area contributed by atoms with Gasteiger partial charge in [-0.05, 0) is 37.2 Å². The maximum absolute atomic E-state index is 13.3. The number of hydrogen-bond acceptors (Lipinski definition) is 2. The number of nitrogens with zero attached hydrogens (tertiary/aromatic N) is 1. The quantitative estimate of drug-likeness (QED) is 0.856. The van der Waals surface area contributed by atoms with E-state index in [1.807, 2.05) is 6.07 Å². The van der Waals surface area contributed by atoms with E-state index < -0.39 is 0 Å². The van der Waals surface area contributed by atoms with Crippen molar-refractivity contribution in [3.05, 3.63) is 34.6 Å². The van der Waals surface area contributed by atoms with Crippen LogP contribution >= 0.6 is 11.6 Å². The minimum absolute atomic E-state index is 0.196. The Kier molecular flexibility index (Phi) is 4.16. The topological polar surface area (TPSA) is 15.3 Å². The Morgan fingerprint density at radius 3 is 3.00 bits per heavy atom. The molecule has 0 spiro atoms. The molecule has 0 saturated carbocycles. The molecular formula is C12H16ClFN2. The molecule has 0 bridgehead atoms. The van der Waals surface area contributed by atoms with Crippen LogP contribution in [0.2, 0.25) is 5.02 Å². The summed E-state index contributed by atoms with van der Waals surface area (Å²) in [6.07, 6.45) is 1.15. The third-order valence-corrected chi connectivity index (χ3v) is 3.13. The Morgan fingerprint density at radius 1 is 1.31 bits per heavy atom. The van der Waals surface area contributed by atoms with Crippen LogP contribution in [-0.4, -0.2) is 31.1 Å². The van der Waals surface area contributed by atoms with Crippen LogP contribution in [0, 0.1) is 5.82 Å². The van der Waals surface area contributed by atoms with Crippen LogP contribution < -0.4 is 5.32 Å². The van der Waals surface area contributed by atoms with E-state index >= 15 is 0 Å². The lowest BCUT2D eigenvalue weighted by molar-refractivity contribution is 0.284. The Balaban J connectivity index is 1.99. The Morgan fingerprint density at radius 2 is 2.19 bits per heavy atom. The van der Waals surface area contributed by atoms with Crippen LogP contribution in [0.5, 0.6) is 0 Å². The Labute approximate surface area is 100 Å². The maximum Gasteiger partial charge on any atom is 0.142 e. The van der Waals surface area contributed by atoms with E-state index in [1.165, 1.54) is 6.07 Å². The predicted octanol–water partition coefficient (Wildman–Crippen LogP) is 2.27. The molecule has 1 aromatic carbocycles. The van der Waals surface area contributed by atoms with Gasteiger partial charge < -0.3 is 5.32 Å². The van der Waals surface area contributed by atoms with Crippen molar-refractivity contribution < 1.29 is 4.39 Å². The third kappa shape index (κ3) is 3.17. The molecule has 0 aliphatic carbocycles. The maximum atomic E-state index is 13.3. The zero-order valence-electron chi connectivity index (χ0n) is 9.18. The van der Waals surface area contributed by atoms with Crippen molar-refractivity contribution in [2.24, 2.45) is 0 Å². The second-order valence-electron chi connectivity index (χ2n) is 4.13. The minimum Gasteiger partial charge on any atom is -0.315 e. The van der Waals surface area contributed by atoms with Gasteiger partial charge in [-0.3, -0.25) is 4.90 Å². The highest BCUT2D eigenvalue weighted by Crippen LogP contribution is 2.16. The zero-order valence-corrected chi connectivity index (χ0v) is 9.93. The highest BCUT2D eigenvalue weighted by Gasteiger charge is 2.09. The van der Waals surface area contributed by atoms with E-state index in [4.69, 9.17) is 11.6 Å². The molecule has 0 aromatic heterocycles. The summed E-state index contributed by atoms with van der Waals surface area (Å²) in [7, 11) is 0. The van der Waals surface area contributed by atoms with Crippen molar-refractivity contribution in [2.45, 2.75) is 13.0 Å². The fourth-order valence-corrected chi connectivity index (χ4v) is 2.07. The van der Waals surface area contributed by atoms with Crippen LogP contribution in [-0.2, 0) is 6.54 Å². The van der Waals surface area contributed by atoms with Gasteiger partial charge >= 0.3 is 0 Å². The summed E-state index contributed by atoms with van der Waals surface area (Å²) >= 11 is 5.65. The number of halogens is 2. The summed E-state index contributed by atoms with van der Waals surface area (Å²) in [6.45, 7) is 4.97. The van der Waals surface area contributed by atoms with Gasteiger partial charge in [0.15, 0.2) is 0 Å². The summed E-state index contributed by atoms with van der Waals surface area (Å²) in [5, 5.41) is 3.54. The molecule has 2 rings (SSSR count). The second kappa shape index (κ2) is 5.62. The lowest BCUT2D eigenvalue weighted by atomic mass is 10.2. The lowest BCUT2D eigenvalue weighted by Crippen LogP contribution is -2.27. The average Bonchev–Trinajstić information content (AvgIpc) is 2.52. The predicted molar refractivity (Wildman–Crippen MR) is 64.2 cm³/mol. The van der Waals surface area contributed by atoms with Crippen LogP contribution in [0.3, 0.4) is 0 Å². The molecule has 0 atom stereocenters. The van der Waals surface area contributed by atoms with Crippen LogP contribution in [0.4, 0.5) is 4.39 Å². The SMILES string of the molecule is Fc1cc(CN2CCCNCC2)ccc1Cl. The number of hydrogen-bond donors (Lipinski definition) is 1. The van der Waals surface area contributed by atoms with Crippen molar-refractivity contribution in [3.63, 3.8) is 0 Å². The van der Waals surface area contributed by atoms with Gasteiger partial charge in [0, 0.05) is 19.6 Å². The van der Waals surface area contributed by atoms with Gasteiger partial charge in [-0.1, -0.05) is 17.7 Å². The van der Waals surface area contributed by atoms with E-state index in [1.54, 1.807) is 6.07 Å².